The third kappa shape index (κ3) is 3.07. The van der Waals surface area contributed by atoms with Crippen LogP contribution in [0, 0.1) is 5.92 Å². The summed E-state index contributed by atoms with van der Waals surface area (Å²) in [4.78, 5) is 16.1. The number of hydrogen-bond acceptors (Lipinski definition) is 3. The van der Waals surface area contributed by atoms with E-state index in [1.165, 1.54) is 4.88 Å². The number of amides is 1. The van der Waals surface area contributed by atoms with Gasteiger partial charge in [0.15, 0.2) is 0 Å². The van der Waals surface area contributed by atoms with E-state index in [2.05, 4.69) is 55.4 Å². The van der Waals surface area contributed by atoms with Gasteiger partial charge >= 0.3 is 0 Å². The molecule has 0 aliphatic carbocycles. The molecule has 1 N–H and O–H groups in total. The van der Waals surface area contributed by atoms with E-state index in [0.29, 0.717) is 12.0 Å². The first-order valence-corrected chi connectivity index (χ1v) is 8.58. The maximum Gasteiger partial charge on any atom is 0.241 e. The number of nitrogens with zero attached hydrogens (tertiary/aromatic N) is 1. The van der Waals surface area contributed by atoms with Crippen LogP contribution in [0.25, 0.3) is 0 Å². The largest absolute Gasteiger partial charge is 0.318 e. The van der Waals surface area contributed by atoms with Crippen molar-refractivity contribution in [3.05, 3.63) is 22.4 Å². The van der Waals surface area contributed by atoms with E-state index in [4.69, 9.17) is 0 Å². The van der Waals surface area contributed by atoms with Crippen LogP contribution >= 0.6 is 11.3 Å². The molecule has 0 bridgehead atoms. The Hall–Kier alpha value is -0.870. The minimum absolute atomic E-state index is 0.0253. The fourth-order valence-electron chi connectivity index (χ4n) is 3.03. The van der Waals surface area contributed by atoms with Crippen molar-refractivity contribution in [2.24, 2.45) is 5.92 Å². The van der Waals surface area contributed by atoms with Crippen molar-refractivity contribution in [1.82, 2.24) is 10.2 Å². The summed E-state index contributed by atoms with van der Waals surface area (Å²) >= 11 is 1.73. The number of carbonyl (C=O) groups excluding carboxylic acids is 1. The Labute approximate surface area is 126 Å². The average Bonchev–Trinajstić information content (AvgIpc) is 3.02. The number of thiophene rings is 1. The molecule has 0 radical (unpaired) electrons. The molecule has 4 heteroatoms. The van der Waals surface area contributed by atoms with Crippen LogP contribution < -0.4 is 5.32 Å². The van der Waals surface area contributed by atoms with Crippen LogP contribution in [-0.2, 0) is 4.79 Å². The molecule has 2 rings (SSSR count). The predicted octanol–water partition coefficient (Wildman–Crippen LogP) is 3.78. The smallest absolute Gasteiger partial charge is 0.241 e. The molecule has 3 nitrogen and oxygen atoms in total. The average molecular weight is 294 g/mol. The Bertz CT molecular complexity index is 426. The maximum absolute atomic E-state index is 12.8. The van der Waals surface area contributed by atoms with Crippen molar-refractivity contribution in [3.63, 3.8) is 0 Å². The van der Waals surface area contributed by atoms with Gasteiger partial charge in [-0.1, -0.05) is 33.8 Å². The van der Waals surface area contributed by atoms with Crippen LogP contribution in [0.3, 0.4) is 0 Å². The van der Waals surface area contributed by atoms with Gasteiger partial charge in [-0.05, 0) is 36.6 Å². The molecule has 1 fully saturated rings. The molecular weight excluding hydrogens is 268 g/mol. The van der Waals surface area contributed by atoms with Crippen LogP contribution in [0.5, 0.6) is 0 Å². The van der Waals surface area contributed by atoms with E-state index in [9.17, 15) is 4.79 Å². The summed E-state index contributed by atoms with van der Waals surface area (Å²) in [5, 5.41) is 5.65. The minimum Gasteiger partial charge on any atom is -0.318 e. The highest BCUT2D eigenvalue weighted by Crippen LogP contribution is 2.33. The van der Waals surface area contributed by atoms with Gasteiger partial charge in [-0.15, -0.1) is 11.3 Å². The molecule has 1 saturated heterocycles. The monoisotopic (exact) mass is 294 g/mol. The number of hydrogen-bond donors (Lipinski definition) is 1. The van der Waals surface area contributed by atoms with Crippen LogP contribution in [0.2, 0.25) is 0 Å². The Kier molecular flexibility index (Phi) is 5.22. The van der Waals surface area contributed by atoms with Gasteiger partial charge in [-0.25, -0.2) is 0 Å². The molecule has 2 unspecified atom stereocenters. The van der Waals surface area contributed by atoms with Gasteiger partial charge in [0.2, 0.25) is 5.91 Å². The summed E-state index contributed by atoms with van der Waals surface area (Å²) in [6.07, 6.45) is 3.01. The highest BCUT2D eigenvalue weighted by molar-refractivity contribution is 7.10. The molecule has 1 aliphatic heterocycles. The molecule has 1 aromatic rings. The molecule has 0 aromatic carbocycles. The van der Waals surface area contributed by atoms with E-state index in [0.717, 1.165) is 19.3 Å². The number of carbonyl (C=O) groups is 1. The quantitative estimate of drug-likeness (QED) is 0.866. The van der Waals surface area contributed by atoms with Gasteiger partial charge in [-0.3, -0.25) is 10.1 Å². The van der Waals surface area contributed by atoms with Crippen molar-refractivity contribution >= 4 is 17.2 Å². The van der Waals surface area contributed by atoms with Crippen LogP contribution in [-0.4, -0.2) is 22.9 Å². The maximum atomic E-state index is 12.8. The molecule has 112 valence electrons. The number of rotatable bonds is 6. The summed E-state index contributed by atoms with van der Waals surface area (Å²) in [6.45, 7) is 8.69. The lowest BCUT2D eigenvalue weighted by molar-refractivity contribution is -0.132. The van der Waals surface area contributed by atoms with E-state index in [1.807, 2.05) is 0 Å². The first-order valence-electron chi connectivity index (χ1n) is 7.70. The van der Waals surface area contributed by atoms with Gasteiger partial charge in [0.05, 0.1) is 6.04 Å². The Morgan fingerprint density at radius 3 is 2.55 bits per heavy atom. The lowest BCUT2D eigenvalue weighted by Gasteiger charge is -2.31. The Balaban J connectivity index is 2.25. The van der Waals surface area contributed by atoms with Crippen molar-refractivity contribution in [1.29, 1.82) is 0 Å². The number of nitrogens with one attached hydrogen (secondary N) is 1. The molecule has 2 heterocycles. The van der Waals surface area contributed by atoms with Crippen LogP contribution in [0.1, 0.15) is 58.0 Å². The third-order valence-electron chi connectivity index (χ3n) is 4.05. The highest BCUT2D eigenvalue weighted by Gasteiger charge is 2.42. The van der Waals surface area contributed by atoms with Crippen molar-refractivity contribution in [3.8, 4) is 0 Å². The molecule has 1 aliphatic rings. The second kappa shape index (κ2) is 6.72. The lowest BCUT2D eigenvalue weighted by atomic mass is 10.0. The summed E-state index contributed by atoms with van der Waals surface area (Å²) in [7, 11) is 0. The second-order valence-corrected chi connectivity index (χ2v) is 6.96. The molecule has 1 aromatic heterocycles. The molecule has 1 amide bonds. The van der Waals surface area contributed by atoms with E-state index in [-0.39, 0.29) is 18.1 Å². The van der Waals surface area contributed by atoms with Gasteiger partial charge in [0.25, 0.3) is 0 Å². The SMILES string of the molecule is CCC(CC)N1C(=O)C(CC(C)C)NC1c1cccs1. The van der Waals surface area contributed by atoms with E-state index < -0.39 is 0 Å². The van der Waals surface area contributed by atoms with Gasteiger partial charge in [0, 0.05) is 10.9 Å². The minimum atomic E-state index is -0.0253. The summed E-state index contributed by atoms with van der Waals surface area (Å²) in [5.41, 5.74) is 0. The zero-order chi connectivity index (χ0) is 14.7. The fourth-order valence-corrected chi connectivity index (χ4v) is 3.81. The first kappa shape index (κ1) is 15.5. The summed E-state index contributed by atoms with van der Waals surface area (Å²) in [5.74, 6) is 0.813. The van der Waals surface area contributed by atoms with Crippen molar-refractivity contribution in [2.75, 3.05) is 0 Å². The van der Waals surface area contributed by atoms with Gasteiger partial charge in [0.1, 0.15) is 6.17 Å². The lowest BCUT2D eigenvalue weighted by Crippen LogP contribution is -2.39. The summed E-state index contributed by atoms with van der Waals surface area (Å²) in [6, 6.07) is 4.50. The molecule has 2 atom stereocenters. The van der Waals surface area contributed by atoms with Crippen molar-refractivity contribution < 1.29 is 4.79 Å². The van der Waals surface area contributed by atoms with Crippen molar-refractivity contribution in [2.45, 2.75) is 65.2 Å². The normalized spacial score (nSPS) is 23.3. The molecule has 20 heavy (non-hydrogen) atoms. The molecule has 0 saturated carbocycles. The highest BCUT2D eigenvalue weighted by atomic mass is 32.1. The second-order valence-electron chi connectivity index (χ2n) is 5.98. The zero-order valence-electron chi connectivity index (χ0n) is 12.9. The summed E-state index contributed by atoms with van der Waals surface area (Å²) < 4.78 is 0. The fraction of sp³-hybridized carbons (Fsp3) is 0.688. The third-order valence-corrected chi connectivity index (χ3v) is 4.97. The predicted molar refractivity (Wildman–Crippen MR) is 84.7 cm³/mol. The molecular formula is C16H26N2OS. The van der Waals surface area contributed by atoms with Gasteiger partial charge < -0.3 is 4.90 Å². The van der Waals surface area contributed by atoms with E-state index >= 15 is 0 Å². The van der Waals surface area contributed by atoms with Crippen LogP contribution in [0.15, 0.2) is 17.5 Å². The Morgan fingerprint density at radius 1 is 1.35 bits per heavy atom. The standard InChI is InChI=1S/C16H26N2OS/c1-5-12(6-2)18-15(14-8-7-9-20-14)17-13(16(18)19)10-11(3)4/h7-9,11-13,15,17H,5-6,10H2,1-4H3. The van der Waals surface area contributed by atoms with Crippen LogP contribution in [0.4, 0.5) is 0 Å². The zero-order valence-corrected chi connectivity index (χ0v) is 13.7. The van der Waals surface area contributed by atoms with Gasteiger partial charge in [-0.2, -0.15) is 0 Å². The molecule has 0 spiro atoms. The first-order chi connectivity index (χ1) is 9.58. The topological polar surface area (TPSA) is 32.3 Å². The Morgan fingerprint density at radius 2 is 2.05 bits per heavy atom. The van der Waals surface area contributed by atoms with E-state index in [1.54, 1.807) is 11.3 Å².